The number of thiocarbonyl (C=S) groups is 1. The smallest absolute Gasteiger partial charge is 0.265 e. The van der Waals surface area contributed by atoms with Crippen LogP contribution in [0.2, 0.25) is 0 Å². The lowest BCUT2D eigenvalue weighted by Gasteiger charge is -2.12. The summed E-state index contributed by atoms with van der Waals surface area (Å²) in [5.41, 5.74) is 2.69. The van der Waals surface area contributed by atoms with Crippen molar-refractivity contribution in [3.05, 3.63) is 59.3 Å². The van der Waals surface area contributed by atoms with Gasteiger partial charge >= 0.3 is 0 Å². The van der Waals surface area contributed by atoms with E-state index in [0.29, 0.717) is 28.8 Å². The van der Waals surface area contributed by atoms with Crippen LogP contribution in [0, 0.1) is 0 Å². The zero-order chi connectivity index (χ0) is 18.2. The largest absolute Gasteiger partial charge is 0.383 e. The summed E-state index contributed by atoms with van der Waals surface area (Å²) in [6.45, 7) is 6.95. The Kier molecular flexibility index (Phi) is 7.36. The molecule has 0 aromatic carbocycles. The first kappa shape index (κ1) is 19.4. The van der Waals surface area contributed by atoms with Gasteiger partial charge in [-0.2, -0.15) is 5.10 Å². The number of hydrogen-bond donors (Lipinski definition) is 1. The summed E-state index contributed by atoms with van der Waals surface area (Å²) in [6.07, 6.45) is 12.0. The predicted molar refractivity (Wildman–Crippen MR) is 107 cm³/mol. The molecule has 0 spiro atoms. The zero-order valence-corrected chi connectivity index (χ0v) is 16.0. The number of methoxy groups -OCH3 is 1. The van der Waals surface area contributed by atoms with Crippen LogP contribution in [0.4, 0.5) is 0 Å². The second kappa shape index (κ2) is 9.50. The Labute approximate surface area is 157 Å². The Morgan fingerprint density at radius 2 is 2.32 bits per heavy atom. The van der Waals surface area contributed by atoms with E-state index in [1.807, 2.05) is 37.3 Å². The van der Waals surface area contributed by atoms with Crippen LogP contribution in [0.5, 0.6) is 0 Å². The lowest BCUT2D eigenvalue weighted by molar-refractivity contribution is -0.122. The third-order valence-corrected chi connectivity index (χ3v) is 4.97. The standard InChI is InChI=1S/C18H21N3O2S2/c1-4-5-6-7-13(2)16-14(12-19-20-16)8-9-15-17(22)21(10-11-23-3)18(24)25-15/h4-7,9,12H,2,8,10-11H2,1,3H3,(H,19,20)/b5-4-,7-6-,15-9-. The summed E-state index contributed by atoms with van der Waals surface area (Å²) < 4.78 is 5.59. The molecule has 1 aromatic heterocycles. The van der Waals surface area contributed by atoms with Crippen LogP contribution in [0.1, 0.15) is 18.2 Å². The third kappa shape index (κ3) is 5.01. The molecule has 1 aromatic rings. The molecule has 0 radical (unpaired) electrons. The third-order valence-electron chi connectivity index (χ3n) is 3.54. The molecule has 132 valence electrons. The normalized spacial score (nSPS) is 16.9. The number of rotatable bonds is 8. The summed E-state index contributed by atoms with van der Waals surface area (Å²) in [5.74, 6) is -0.0658. The number of aromatic nitrogens is 2. The SMILES string of the molecule is C=C(/C=C\C=C/C)c1[nH]ncc1C/C=C1\SC(=S)N(CCOC)C1=O. The highest BCUT2D eigenvalue weighted by Gasteiger charge is 2.31. The quantitative estimate of drug-likeness (QED) is 0.428. The van der Waals surface area contributed by atoms with Gasteiger partial charge in [-0.25, -0.2) is 0 Å². The van der Waals surface area contributed by atoms with Crippen molar-refractivity contribution in [2.24, 2.45) is 0 Å². The molecule has 1 N–H and O–H groups in total. The molecule has 1 aliphatic heterocycles. The fourth-order valence-corrected chi connectivity index (χ4v) is 3.51. The van der Waals surface area contributed by atoms with Crippen molar-refractivity contribution >= 4 is 39.8 Å². The molecule has 1 saturated heterocycles. The van der Waals surface area contributed by atoms with E-state index in [0.717, 1.165) is 16.8 Å². The minimum absolute atomic E-state index is 0.0658. The molecule has 25 heavy (non-hydrogen) atoms. The van der Waals surface area contributed by atoms with E-state index >= 15 is 0 Å². The Bertz CT molecular complexity index is 747. The molecular formula is C18H21N3O2S2. The van der Waals surface area contributed by atoms with Gasteiger partial charge in [0.05, 0.1) is 29.9 Å². The van der Waals surface area contributed by atoms with Gasteiger partial charge in [0.15, 0.2) is 0 Å². The highest BCUT2D eigenvalue weighted by Crippen LogP contribution is 2.31. The molecular weight excluding hydrogens is 354 g/mol. The van der Waals surface area contributed by atoms with E-state index in [-0.39, 0.29) is 5.91 Å². The molecule has 1 aliphatic rings. The number of amides is 1. The zero-order valence-electron chi connectivity index (χ0n) is 14.3. The Balaban J connectivity index is 2.08. The van der Waals surface area contributed by atoms with E-state index in [1.165, 1.54) is 11.8 Å². The van der Waals surface area contributed by atoms with Crippen LogP contribution < -0.4 is 0 Å². The Morgan fingerprint density at radius 1 is 1.52 bits per heavy atom. The summed E-state index contributed by atoms with van der Waals surface area (Å²) in [5, 5.41) is 7.06. The average Bonchev–Trinajstić information content (AvgIpc) is 3.16. The maximum absolute atomic E-state index is 12.4. The van der Waals surface area contributed by atoms with Crippen LogP contribution in [-0.4, -0.2) is 45.6 Å². The number of aromatic amines is 1. The molecule has 0 unspecified atom stereocenters. The van der Waals surface area contributed by atoms with Crippen molar-refractivity contribution in [3.63, 3.8) is 0 Å². The van der Waals surface area contributed by atoms with Gasteiger partial charge < -0.3 is 4.74 Å². The number of nitrogens with zero attached hydrogens (tertiary/aromatic N) is 2. The van der Waals surface area contributed by atoms with E-state index in [2.05, 4.69) is 16.8 Å². The summed E-state index contributed by atoms with van der Waals surface area (Å²) >= 11 is 6.59. The molecule has 2 heterocycles. The predicted octanol–water partition coefficient (Wildman–Crippen LogP) is 3.49. The fourth-order valence-electron chi connectivity index (χ4n) is 2.23. The van der Waals surface area contributed by atoms with Gasteiger partial charge in [0, 0.05) is 12.7 Å². The van der Waals surface area contributed by atoms with Crippen molar-refractivity contribution in [1.82, 2.24) is 15.1 Å². The number of hydrogen-bond acceptors (Lipinski definition) is 5. The van der Waals surface area contributed by atoms with Gasteiger partial charge in [-0.05, 0) is 18.9 Å². The minimum Gasteiger partial charge on any atom is -0.383 e. The Morgan fingerprint density at radius 3 is 3.04 bits per heavy atom. The number of ether oxygens (including phenoxy) is 1. The first-order chi connectivity index (χ1) is 12.1. The summed E-state index contributed by atoms with van der Waals surface area (Å²) in [6, 6.07) is 0. The van der Waals surface area contributed by atoms with Crippen molar-refractivity contribution in [2.45, 2.75) is 13.3 Å². The molecule has 0 saturated carbocycles. The van der Waals surface area contributed by atoms with Crippen molar-refractivity contribution in [2.75, 3.05) is 20.3 Å². The van der Waals surface area contributed by atoms with E-state index in [9.17, 15) is 4.79 Å². The minimum atomic E-state index is -0.0658. The molecule has 7 heteroatoms. The molecule has 1 fully saturated rings. The van der Waals surface area contributed by atoms with E-state index < -0.39 is 0 Å². The summed E-state index contributed by atoms with van der Waals surface area (Å²) in [4.78, 5) is 14.6. The maximum Gasteiger partial charge on any atom is 0.265 e. The van der Waals surface area contributed by atoms with Crippen molar-refractivity contribution in [3.8, 4) is 0 Å². The summed E-state index contributed by atoms with van der Waals surface area (Å²) in [7, 11) is 1.60. The number of thioether (sulfide) groups is 1. The lowest BCUT2D eigenvalue weighted by Crippen LogP contribution is -2.31. The second-order valence-corrected chi connectivity index (χ2v) is 6.95. The number of allylic oxidation sites excluding steroid dienone is 6. The number of carbonyl (C=O) groups excluding carboxylic acids is 1. The van der Waals surface area contributed by atoms with Crippen LogP contribution >= 0.6 is 24.0 Å². The average molecular weight is 376 g/mol. The first-order valence-corrected chi connectivity index (χ1v) is 9.04. The molecule has 0 aliphatic carbocycles. The van der Waals surface area contributed by atoms with Gasteiger partial charge in [0.2, 0.25) is 0 Å². The maximum atomic E-state index is 12.4. The fraction of sp³-hybridized carbons (Fsp3) is 0.278. The monoisotopic (exact) mass is 375 g/mol. The first-order valence-electron chi connectivity index (χ1n) is 7.82. The van der Waals surface area contributed by atoms with Crippen LogP contribution in [0.3, 0.4) is 0 Å². The Hall–Kier alpha value is -1.96. The van der Waals surface area contributed by atoms with Gasteiger partial charge in [-0.3, -0.25) is 14.8 Å². The van der Waals surface area contributed by atoms with Gasteiger partial charge in [0.25, 0.3) is 5.91 Å². The molecule has 1 amide bonds. The van der Waals surface area contributed by atoms with Gasteiger partial charge in [-0.15, -0.1) is 0 Å². The second-order valence-electron chi connectivity index (χ2n) is 5.27. The van der Waals surface area contributed by atoms with Gasteiger partial charge in [-0.1, -0.05) is 60.9 Å². The molecule has 0 bridgehead atoms. The number of carbonyl (C=O) groups is 1. The number of H-pyrrole nitrogens is 1. The van der Waals surface area contributed by atoms with Crippen molar-refractivity contribution < 1.29 is 9.53 Å². The number of nitrogens with one attached hydrogen (secondary N) is 1. The van der Waals surface area contributed by atoms with Crippen LogP contribution in [0.25, 0.3) is 5.57 Å². The van der Waals surface area contributed by atoms with Crippen LogP contribution in [0.15, 0.2) is 48.1 Å². The molecule has 0 atom stereocenters. The van der Waals surface area contributed by atoms with Gasteiger partial charge in [0.1, 0.15) is 4.32 Å². The van der Waals surface area contributed by atoms with E-state index in [1.54, 1.807) is 18.2 Å². The molecule has 2 rings (SSSR count). The van der Waals surface area contributed by atoms with Crippen LogP contribution in [-0.2, 0) is 16.0 Å². The van der Waals surface area contributed by atoms with E-state index in [4.69, 9.17) is 17.0 Å². The van der Waals surface area contributed by atoms with Crippen molar-refractivity contribution in [1.29, 1.82) is 0 Å². The highest BCUT2D eigenvalue weighted by molar-refractivity contribution is 8.26. The lowest BCUT2D eigenvalue weighted by atomic mass is 10.1. The highest BCUT2D eigenvalue weighted by atomic mass is 32.2. The topological polar surface area (TPSA) is 58.2 Å². The molecule has 5 nitrogen and oxygen atoms in total.